The Labute approximate surface area is 209 Å². The Bertz CT molecular complexity index is 1280. The highest BCUT2D eigenvalue weighted by atomic mass is 19.1. The lowest BCUT2D eigenvalue weighted by Crippen LogP contribution is -2.49. The van der Waals surface area contributed by atoms with Crippen molar-refractivity contribution in [2.45, 2.75) is 13.0 Å². The van der Waals surface area contributed by atoms with Crippen molar-refractivity contribution >= 4 is 23.1 Å². The van der Waals surface area contributed by atoms with E-state index in [4.69, 9.17) is 20.6 Å². The second-order valence-corrected chi connectivity index (χ2v) is 8.67. The van der Waals surface area contributed by atoms with E-state index in [9.17, 15) is 9.18 Å². The number of amides is 1. The Morgan fingerprint density at radius 3 is 2.53 bits per heavy atom. The second kappa shape index (κ2) is 10.7. The summed E-state index contributed by atoms with van der Waals surface area (Å²) in [7, 11) is 2.86. The number of carbonyl (C=O) groups is 1. The number of ether oxygens (including phenoxy) is 2. The van der Waals surface area contributed by atoms with Crippen LogP contribution in [0.2, 0.25) is 0 Å². The largest absolute Gasteiger partial charge is 0.497 e. The van der Waals surface area contributed by atoms with Gasteiger partial charge in [-0.15, -0.1) is 0 Å². The number of benzene rings is 3. The molecule has 0 unspecified atom stereocenters. The molecule has 0 aromatic heterocycles. The van der Waals surface area contributed by atoms with Gasteiger partial charge in [0.2, 0.25) is 0 Å². The quantitative estimate of drug-likeness (QED) is 0.238. The van der Waals surface area contributed by atoms with E-state index >= 15 is 0 Å². The Hall–Kier alpha value is -4.11. The third-order valence-corrected chi connectivity index (χ3v) is 6.20. The number of hydrogen-bond donors (Lipinski definition) is 4. The summed E-state index contributed by atoms with van der Waals surface area (Å²) in [6, 6.07) is 15.5. The number of amidine groups is 1. The first kappa shape index (κ1) is 25.0. The number of nitrogen functional groups attached to an aromatic ring is 1. The van der Waals surface area contributed by atoms with E-state index in [2.05, 4.69) is 22.5 Å². The van der Waals surface area contributed by atoms with Gasteiger partial charge in [0.15, 0.2) is 11.6 Å². The molecule has 5 N–H and O–H groups in total. The summed E-state index contributed by atoms with van der Waals surface area (Å²) in [5.74, 6) is -0.625. The minimum Gasteiger partial charge on any atom is -0.497 e. The molecule has 1 heterocycles. The van der Waals surface area contributed by atoms with Gasteiger partial charge in [0, 0.05) is 59.8 Å². The average molecular weight is 492 g/mol. The third-order valence-electron chi connectivity index (χ3n) is 6.20. The zero-order valence-corrected chi connectivity index (χ0v) is 20.5. The van der Waals surface area contributed by atoms with Crippen LogP contribution in [0.5, 0.6) is 11.5 Å². The topological polar surface area (TPSA) is 113 Å². The van der Waals surface area contributed by atoms with Crippen LogP contribution in [-0.4, -0.2) is 51.6 Å². The van der Waals surface area contributed by atoms with Crippen molar-refractivity contribution < 1.29 is 18.7 Å². The van der Waals surface area contributed by atoms with Gasteiger partial charge < -0.3 is 30.7 Å². The molecule has 9 heteroatoms. The zero-order valence-electron chi connectivity index (χ0n) is 20.5. The van der Waals surface area contributed by atoms with E-state index < -0.39 is 11.7 Å². The molecule has 8 nitrogen and oxygen atoms in total. The predicted octanol–water partition coefficient (Wildman–Crippen LogP) is 3.65. The van der Waals surface area contributed by atoms with E-state index in [1.807, 2.05) is 12.1 Å². The van der Waals surface area contributed by atoms with Crippen molar-refractivity contribution in [3.63, 3.8) is 0 Å². The van der Waals surface area contributed by atoms with E-state index in [-0.39, 0.29) is 22.8 Å². The molecule has 1 saturated heterocycles. The molecule has 36 heavy (non-hydrogen) atoms. The lowest BCUT2D eigenvalue weighted by molar-refractivity contribution is 0.0977. The fraction of sp³-hybridized carbons (Fsp3) is 0.259. The predicted molar refractivity (Wildman–Crippen MR) is 140 cm³/mol. The highest BCUT2D eigenvalue weighted by molar-refractivity contribution is 6.13. The fourth-order valence-corrected chi connectivity index (χ4v) is 4.25. The first-order valence-electron chi connectivity index (χ1n) is 11.6. The summed E-state index contributed by atoms with van der Waals surface area (Å²) in [5.41, 5.74) is 8.97. The van der Waals surface area contributed by atoms with Gasteiger partial charge in [0.25, 0.3) is 5.91 Å². The molecule has 1 aliphatic heterocycles. The highest BCUT2D eigenvalue weighted by Gasteiger charge is 2.18. The normalized spacial score (nSPS) is 15.3. The Morgan fingerprint density at radius 1 is 1.14 bits per heavy atom. The van der Waals surface area contributed by atoms with Crippen LogP contribution in [0.1, 0.15) is 22.8 Å². The lowest BCUT2D eigenvalue weighted by Gasteiger charge is -2.33. The number of nitrogens with zero attached hydrogens (tertiary/aromatic N) is 1. The van der Waals surface area contributed by atoms with Gasteiger partial charge in [0.05, 0.1) is 14.2 Å². The monoisotopic (exact) mass is 491 g/mol. The molecule has 0 bridgehead atoms. The van der Waals surface area contributed by atoms with E-state index in [0.717, 1.165) is 25.3 Å². The van der Waals surface area contributed by atoms with Crippen LogP contribution in [0.15, 0.2) is 54.6 Å². The van der Waals surface area contributed by atoms with Crippen molar-refractivity contribution in [3.05, 3.63) is 71.5 Å². The lowest BCUT2D eigenvalue weighted by atomic mass is 10.0. The molecular weight excluding hydrogens is 461 g/mol. The zero-order chi connectivity index (χ0) is 25.8. The molecule has 1 atom stereocenters. The number of rotatable bonds is 6. The molecule has 1 aliphatic rings. The molecule has 188 valence electrons. The average Bonchev–Trinajstić information content (AvgIpc) is 2.88. The molecule has 1 amide bonds. The minimum atomic E-state index is -0.549. The summed E-state index contributed by atoms with van der Waals surface area (Å²) in [5, 5.41) is 14.4. The van der Waals surface area contributed by atoms with Crippen molar-refractivity contribution in [1.29, 1.82) is 5.41 Å². The van der Waals surface area contributed by atoms with Crippen molar-refractivity contribution in [1.82, 2.24) is 10.6 Å². The van der Waals surface area contributed by atoms with Gasteiger partial charge in [-0.3, -0.25) is 10.2 Å². The number of halogens is 1. The second-order valence-electron chi connectivity index (χ2n) is 8.67. The molecule has 0 saturated carbocycles. The van der Waals surface area contributed by atoms with Gasteiger partial charge in [-0.2, -0.15) is 0 Å². The molecule has 3 aromatic rings. The van der Waals surface area contributed by atoms with Crippen LogP contribution in [0.25, 0.3) is 11.1 Å². The van der Waals surface area contributed by atoms with Crippen LogP contribution >= 0.6 is 0 Å². The molecular formula is C27H30FN5O3. The molecule has 3 aromatic carbocycles. The van der Waals surface area contributed by atoms with E-state index in [1.54, 1.807) is 36.4 Å². The number of anilines is 2. The maximum absolute atomic E-state index is 14.9. The van der Waals surface area contributed by atoms with Gasteiger partial charge in [-0.1, -0.05) is 6.07 Å². The number of nitrogens with one attached hydrogen (secondary N) is 3. The smallest absolute Gasteiger partial charge is 0.256 e. The first-order chi connectivity index (χ1) is 17.3. The highest BCUT2D eigenvalue weighted by Crippen LogP contribution is 2.35. The first-order valence-corrected chi connectivity index (χ1v) is 11.6. The Morgan fingerprint density at radius 2 is 1.89 bits per heavy atom. The van der Waals surface area contributed by atoms with Crippen LogP contribution in [0.4, 0.5) is 15.8 Å². The third kappa shape index (κ3) is 5.26. The van der Waals surface area contributed by atoms with Gasteiger partial charge in [0.1, 0.15) is 11.6 Å². The standard InChI is InChI=1S/C27H30FN5O3/c1-16-15-33(11-10-31-16)19-7-4-17(5-8-19)27(34)32-26(30)21-9-6-18(12-23(21)29)22-13-20(35-2)14-24(36-3)25(22)28/h4-9,12-14,16,31H,10-11,15,29H2,1-3H3,(H2,30,32,34)/t16-/m0/s1. The van der Waals surface area contributed by atoms with Crippen LogP contribution in [0.3, 0.4) is 0 Å². The van der Waals surface area contributed by atoms with Crippen LogP contribution < -0.4 is 30.7 Å². The summed E-state index contributed by atoms with van der Waals surface area (Å²) in [6.45, 7) is 4.86. The van der Waals surface area contributed by atoms with Crippen LogP contribution in [-0.2, 0) is 0 Å². The summed E-state index contributed by atoms with van der Waals surface area (Å²) >= 11 is 0. The number of hydrogen-bond acceptors (Lipinski definition) is 7. The minimum absolute atomic E-state index is 0.0458. The maximum atomic E-state index is 14.9. The van der Waals surface area contributed by atoms with E-state index in [1.165, 1.54) is 20.3 Å². The number of piperazine rings is 1. The fourth-order valence-electron chi connectivity index (χ4n) is 4.25. The molecule has 0 aliphatic carbocycles. The molecule has 0 radical (unpaired) electrons. The number of methoxy groups -OCH3 is 2. The molecule has 1 fully saturated rings. The van der Waals surface area contributed by atoms with Crippen molar-refractivity contribution in [2.24, 2.45) is 0 Å². The molecule has 4 rings (SSSR count). The number of nitrogens with two attached hydrogens (primary N) is 1. The van der Waals surface area contributed by atoms with Crippen LogP contribution in [0, 0.1) is 11.2 Å². The van der Waals surface area contributed by atoms with Gasteiger partial charge in [-0.05, 0) is 55.0 Å². The summed E-state index contributed by atoms with van der Waals surface area (Å²) in [4.78, 5) is 15.0. The van der Waals surface area contributed by atoms with Crippen molar-refractivity contribution in [3.8, 4) is 22.6 Å². The maximum Gasteiger partial charge on any atom is 0.256 e. The summed E-state index contributed by atoms with van der Waals surface area (Å²) in [6.07, 6.45) is 0. The Kier molecular flexibility index (Phi) is 7.40. The van der Waals surface area contributed by atoms with Gasteiger partial charge >= 0.3 is 0 Å². The summed E-state index contributed by atoms with van der Waals surface area (Å²) < 4.78 is 25.2. The number of carbonyl (C=O) groups excluding carboxylic acids is 1. The Balaban J connectivity index is 1.48. The van der Waals surface area contributed by atoms with Crippen molar-refractivity contribution in [2.75, 3.05) is 44.5 Å². The SMILES string of the molecule is COc1cc(OC)c(F)c(-c2ccc(C(=N)NC(=O)c3ccc(N4CCN[C@@H](C)C4)cc3)c(N)c2)c1. The molecule has 0 spiro atoms. The van der Waals surface area contributed by atoms with E-state index in [0.29, 0.717) is 28.5 Å². The van der Waals surface area contributed by atoms with Gasteiger partial charge in [-0.25, -0.2) is 4.39 Å².